The first-order valence-corrected chi connectivity index (χ1v) is 7.92. The van der Waals surface area contributed by atoms with Crippen molar-refractivity contribution in [2.75, 3.05) is 18.5 Å². The van der Waals surface area contributed by atoms with Crippen LogP contribution in [-0.2, 0) is 4.74 Å². The highest BCUT2D eigenvalue weighted by Gasteiger charge is 2.33. The fourth-order valence-corrected chi connectivity index (χ4v) is 3.11. The molecule has 19 heavy (non-hydrogen) atoms. The minimum Gasteiger partial charge on any atom is -0.507 e. The maximum Gasteiger partial charge on any atom is 0.255 e. The van der Waals surface area contributed by atoms with E-state index in [1.54, 1.807) is 12.1 Å². The van der Waals surface area contributed by atoms with Crippen LogP contribution in [0.25, 0.3) is 0 Å². The number of carbonyl (C=O) groups excluding carboxylic acids is 1. The van der Waals surface area contributed by atoms with Crippen LogP contribution in [-0.4, -0.2) is 35.1 Å². The first-order valence-electron chi connectivity index (χ1n) is 6.01. The van der Waals surface area contributed by atoms with Crippen LogP contribution in [0.1, 0.15) is 23.2 Å². The number of carbonyl (C=O) groups is 1. The molecule has 1 aliphatic heterocycles. The van der Waals surface area contributed by atoms with Crippen LogP contribution in [0, 0.1) is 0 Å². The number of phenolic OH excluding ortho intramolecular Hbond substituents is 1. The Labute approximate surface area is 128 Å². The highest BCUT2D eigenvalue weighted by molar-refractivity contribution is 9.10. The number of benzene rings is 1. The molecule has 0 unspecified atom stereocenters. The summed E-state index contributed by atoms with van der Waals surface area (Å²) in [6, 6.07) is 4.86. The molecular formula is C13H15Br2NO3. The summed E-state index contributed by atoms with van der Waals surface area (Å²) >= 11 is 6.71. The van der Waals surface area contributed by atoms with Gasteiger partial charge in [0.15, 0.2) is 0 Å². The lowest BCUT2D eigenvalue weighted by Crippen LogP contribution is -2.53. The molecule has 1 aliphatic rings. The Morgan fingerprint density at radius 2 is 2.11 bits per heavy atom. The molecule has 4 nitrogen and oxygen atoms in total. The second kappa shape index (κ2) is 6.24. The quantitative estimate of drug-likeness (QED) is 0.777. The number of phenols is 1. The van der Waals surface area contributed by atoms with Crippen LogP contribution < -0.4 is 5.32 Å². The topological polar surface area (TPSA) is 58.6 Å². The standard InChI is InChI=1S/C13H15Br2NO3/c14-8-13(3-5-19-6-4-13)16-12(18)10-2-1-9(15)7-11(10)17/h1-2,7,17H,3-6,8H2,(H,16,18). The predicted molar refractivity (Wildman–Crippen MR) is 79.9 cm³/mol. The third kappa shape index (κ3) is 3.49. The van der Waals surface area contributed by atoms with Crippen LogP contribution in [0.2, 0.25) is 0 Å². The number of ether oxygens (including phenoxy) is 1. The van der Waals surface area contributed by atoms with E-state index >= 15 is 0 Å². The lowest BCUT2D eigenvalue weighted by atomic mass is 9.92. The number of nitrogens with one attached hydrogen (secondary N) is 1. The van der Waals surface area contributed by atoms with E-state index in [2.05, 4.69) is 37.2 Å². The molecule has 0 atom stereocenters. The smallest absolute Gasteiger partial charge is 0.255 e. The number of rotatable bonds is 3. The van der Waals surface area contributed by atoms with Crippen molar-refractivity contribution >= 4 is 37.8 Å². The summed E-state index contributed by atoms with van der Waals surface area (Å²) in [5, 5.41) is 13.5. The highest BCUT2D eigenvalue weighted by atomic mass is 79.9. The zero-order chi connectivity index (χ0) is 13.9. The maximum absolute atomic E-state index is 12.3. The van der Waals surface area contributed by atoms with Gasteiger partial charge in [0, 0.05) is 23.0 Å². The maximum atomic E-state index is 12.3. The minimum atomic E-state index is -0.297. The van der Waals surface area contributed by atoms with E-state index < -0.39 is 0 Å². The number of alkyl halides is 1. The highest BCUT2D eigenvalue weighted by Crippen LogP contribution is 2.26. The molecule has 1 amide bonds. The molecule has 0 aromatic heterocycles. The molecule has 1 heterocycles. The molecule has 6 heteroatoms. The van der Waals surface area contributed by atoms with E-state index in [0.29, 0.717) is 18.5 Å². The Kier molecular flexibility index (Phi) is 4.86. The third-order valence-electron chi connectivity index (χ3n) is 3.29. The van der Waals surface area contributed by atoms with Crippen molar-refractivity contribution in [3.05, 3.63) is 28.2 Å². The average molecular weight is 393 g/mol. The molecule has 1 fully saturated rings. The van der Waals surface area contributed by atoms with E-state index in [0.717, 1.165) is 17.3 Å². The van der Waals surface area contributed by atoms with E-state index in [4.69, 9.17) is 4.74 Å². The molecule has 0 radical (unpaired) electrons. The van der Waals surface area contributed by atoms with Crippen molar-refractivity contribution in [1.29, 1.82) is 0 Å². The van der Waals surface area contributed by atoms with Crippen molar-refractivity contribution in [3.8, 4) is 5.75 Å². The van der Waals surface area contributed by atoms with Gasteiger partial charge >= 0.3 is 0 Å². The molecule has 2 N–H and O–H groups in total. The second-order valence-electron chi connectivity index (χ2n) is 4.64. The van der Waals surface area contributed by atoms with Gasteiger partial charge in [0.2, 0.25) is 0 Å². The summed E-state index contributed by atoms with van der Waals surface area (Å²) in [4.78, 5) is 12.3. The van der Waals surface area contributed by atoms with Crippen LogP contribution in [0.5, 0.6) is 5.75 Å². The Morgan fingerprint density at radius 1 is 1.42 bits per heavy atom. The van der Waals surface area contributed by atoms with Gasteiger partial charge in [-0.15, -0.1) is 0 Å². The SMILES string of the molecule is O=C(NC1(CBr)CCOCC1)c1ccc(Br)cc1O. The fourth-order valence-electron chi connectivity index (χ4n) is 2.06. The number of aromatic hydroxyl groups is 1. The molecule has 0 bridgehead atoms. The van der Waals surface area contributed by atoms with Gasteiger partial charge in [-0.3, -0.25) is 4.79 Å². The number of hydrogen-bond acceptors (Lipinski definition) is 3. The zero-order valence-electron chi connectivity index (χ0n) is 10.3. The van der Waals surface area contributed by atoms with Crippen molar-refractivity contribution in [2.45, 2.75) is 18.4 Å². The second-order valence-corrected chi connectivity index (χ2v) is 6.12. The lowest BCUT2D eigenvalue weighted by Gasteiger charge is -2.36. The molecule has 2 rings (SSSR count). The predicted octanol–water partition coefficient (Wildman–Crippen LogP) is 2.83. The lowest BCUT2D eigenvalue weighted by molar-refractivity contribution is 0.0441. The Bertz CT molecular complexity index is 473. The summed E-state index contributed by atoms with van der Waals surface area (Å²) in [6.07, 6.45) is 1.53. The van der Waals surface area contributed by atoms with Gasteiger partial charge in [0.05, 0.1) is 11.1 Å². The van der Waals surface area contributed by atoms with Gasteiger partial charge in [0.1, 0.15) is 5.75 Å². The Hall–Kier alpha value is -0.590. The number of halogens is 2. The van der Waals surface area contributed by atoms with E-state index in [1.165, 1.54) is 6.07 Å². The van der Waals surface area contributed by atoms with Crippen LogP contribution >= 0.6 is 31.9 Å². The molecule has 0 aliphatic carbocycles. The van der Waals surface area contributed by atoms with Crippen molar-refractivity contribution < 1.29 is 14.6 Å². The summed E-state index contributed by atoms with van der Waals surface area (Å²) in [5.41, 5.74) is -0.00973. The van der Waals surface area contributed by atoms with E-state index in [-0.39, 0.29) is 22.8 Å². The fraction of sp³-hybridized carbons (Fsp3) is 0.462. The molecule has 104 valence electrons. The number of amides is 1. The molecular weight excluding hydrogens is 378 g/mol. The summed E-state index contributed by atoms with van der Waals surface area (Å²) in [5.74, 6) is -0.282. The van der Waals surface area contributed by atoms with Crippen molar-refractivity contribution in [1.82, 2.24) is 5.32 Å². The first-order chi connectivity index (χ1) is 9.06. The Morgan fingerprint density at radius 3 is 2.68 bits per heavy atom. The van der Waals surface area contributed by atoms with Gasteiger partial charge < -0.3 is 15.2 Å². The van der Waals surface area contributed by atoms with Gasteiger partial charge in [-0.25, -0.2) is 0 Å². The first kappa shape index (κ1) is 14.8. The minimum absolute atomic E-state index is 0.0244. The molecule has 1 aromatic rings. The van der Waals surface area contributed by atoms with Gasteiger partial charge in [-0.05, 0) is 31.0 Å². The largest absolute Gasteiger partial charge is 0.507 e. The third-order valence-corrected chi connectivity index (χ3v) is 4.86. The summed E-state index contributed by atoms with van der Waals surface area (Å²) in [6.45, 7) is 1.27. The van der Waals surface area contributed by atoms with E-state index in [1.807, 2.05) is 0 Å². The number of hydrogen-bond donors (Lipinski definition) is 2. The molecule has 0 saturated carbocycles. The zero-order valence-corrected chi connectivity index (χ0v) is 13.5. The molecule has 1 aromatic carbocycles. The van der Waals surface area contributed by atoms with Gasteiger partial charge in [-0.1, -0.05) is 31.9 Å². The Balaban J connectivity index is 2.15. The molecule has 1 saturated heterocycles. The van der Waals surface area contributed by atoms with Crippen LogP contribution in [0.3, 0.4) is 0 Å². The van der Waals surface area contributed by atoms with E-state index in [9.17, 15) is 9.90 Å². The van der Waals surface area contributed by atoms with Crippen molar-refractivity contribution in [2.24, 2.45) is 0 Å². The van der Waals surface area contributed by atoms with Crippen LogP contribution in [0.4, 0.5) is 0 Å². The van der Waals surface area contributed by atoms with Crippen LogP contribution in [0.15, 0.2) is 22.7 Å². The normalized spacial score (nSPS) is 18.0. The summed E-state index contributed by atoms with van der Waals surface area (Å²) < 4.78 is 6.06. The average Bonchev–Trinajstić information content (AvgIpc) is 2.39. The monoisotopic (exact) mass is 391 g/mol. The summed E-state index contributed by atoms with van der Waals surface area (Å²) in [7, 11) is 0. The van der Waals surface area contributed by atoms with Gasteiger partial charge in [-0.2, -0.15) is 0 Å². The molecule has 0 spiro atoms. The van der Waals surface area contributed by atoms with Crippen molar-refractivity contribution in [3.63, 3.8) is 0 Å². The van der Waals surface area contributed by atoms with Gasteiger partial charge in [0.25, 0.3) is 5.91 Å².